The number of hydrogen-bond donors (Lipinski definition) is 2. The maximum Gasteiger partial charge on any atom is 0.274 e. The molecule has 6 nitrogen and oxygen atoms in total. The summed E-state index contributed by atoms with van der Waals surface area (Å²) in [5.41, 5.74) is 8.79. The largest absolute Gasteiger partial charge is 0.337 e. The van der Waals surface area contributed by atoms with Crippen LogP contribution in [0.1, 0.15) is 34.8 Å². The van der Waals surface area contributed by atoms with Crippen molar-refractivity contribution in [1.82, 2.24) is 25.1 Å². The number of hydrazine groups is 1. The Morgan fingerprint density at radius 2 is 2.00 bits per heavy atom. The molecular weight excluding hydrogens is 358 g/mol. The van der Waals surface area contributed by atoms with Gasteiger partial charge in [0.1, 0.15) is 5.69 Å². The van der Waals surface area contributed by atoms with Gasteiger partial charge in [-0.15, -0.1) is 11.3 Å². The lowest BCUT2D eigenvalue weighted by Crippen LogP contribution is -2.45. The van der Waals surface area contributed by atoms with Crippen LogP contribution in [0.4, 0.5) is 0 Å². The maximum absolute atomic E-state index is 12.8. The number of benzene rings is 1. The summed E-state index contributed by atoms with van der Waals surface area (Å²) >= 11 is 1.55. The van der Waals surface area contributed by atoms with E-state index in [0.717, 1.165) is 37.4 Å². The average molecular weight is 382 g/mol. The monoisotopic (exact) mass is 381 g/mol. The lowest BCUT2D eigenvalue weighted by molar-refractivity contribution is 0.0665. The van der Waals surface area contributed by atoms with Crippen molar-refractivity contribution in [3.05, 3.63) is 59.4 Å². The lowest BCUT2D eigenvalue weighted by atomic mass is 9.80. The van der Waals surface area contributed by atoms with Crippen LogP contribution in [0.3, 0.4) is 0 Å². The maximum atomic E-state index is 12.8. The summed E-state index contributed by atoms with van der Waals surface area (Å²) in [6.45, 7) is 2.56. The number of carbonyl (C=O) groups excluding carboxylic acids is 1. The van der Waals surface area contributed by atoms with Crippen LogP contribution in [0.5, 0.6) is 0 Å². The van der Waals surface area contributed by atoms with E-state index in [1.165, 1.54) is 5.56 Å². The van der Waals surface area contributed by atoms with E-state index in [-0.39, 0.29) is 5.91 Å². The summed E-state index contributed by atoms with van der Waals surface area (Å²) in [7, 11) is 0. The van der Waals surface area contributed by atoms with Gasteiger partial charge in [0.25, 0.3) is 5.91 Å². The van der Waals surface area contributed by atoms with E-state index >= 15 is 0 Å². The fourth-order valence-corrected chi connectivity index (χ4v) is 5.14. The summed E-state index contributed by atoms with van der Waals surface area (Å²) in [5.74, 6) is 1.11. The van der Waals surface area contributed by atoms with Crippen LogP contribution in [-0.4, -0.2) is 45.9 Å². The van der Waals surface area contributed by atoms with E-state index in [1.807, 2.05) is 27.1 Å². The topological polar surface area (TPSA) is 61.7 Å². The molecule has 27 heavy (non-hydrogen) atoms. The van der Waals surface area contributed by atoms with Gasteiger partial charge in [0, 0.05) is 49.4 Å². The molecule has 1 amide bonds. The van der Waals surface area contributed by atoms with Crippen molar-refractivity contribution < 1.29 is 4.79 Å². The van der Waals surface area contributed by atoms with E-state index < -0.39 is 0 Å². The summed E-state index contributed by atoms with van der Waals surface area (Å²) in [4.78, 5) is 20.1. The fraction of sp³-hybridized carbons (Fsp3) is 0.400. The molecule has 0 bridgehead atoms. The van der Waals surface area contributed by atoms with Crippen LogP contribution in [0.15, 0.2) is 48.1 Å². The molecule has 2 atom stereocenters. The number of hydrogen-bond acceptors (Lipinski definition) is 5. The molecule has 3 aromatic rings. The average Bonchev–Trinajstić information content (AvgIpc) is 3.44. The Hall–Kier alpha value is -2.22. The minimum Gasteiger partial charge on any atom is -0.337 e. The second kappa shape index (κ2) is 7.07. The third-order valence-corrected chi connectivity index (χ3v) is 6.67. The molecule has 5 rings (SSSR count). The molecule has 2 saturated heterocycles. The number of imidazole rings is 1. The zero-order valence-corrected chi connectivity index (χ0v) is 15.9. The van der Waals surface area contributed by atoms with Crippen LogP contribution in [0.2, 0.25) is 0 Å². The number of carbonyl (C=O) groups is 1. The second-order valence-corrected chi connectivity index (χ2v) is 8.29. The number of aromatic nitrogens is 2. The fourth-order valence-electron chi connectivity index (χ4n) is 4.44. The summed E-state index contributed by atoms with van der Waals surface area (Å²) in [5, 5.41) is 1.98. The molecular formula is C20H23N5OS. The van der Waals surface area contributed by atoms with Gasteiger partial charge in [-0.05, 0) is 24.3 Å². The van der Waals surface area contributed by atoms with Crippen LogP contribution in [0.25, 0.3) is 4.96 Å². The molecule has 0 spiro atoms. The van der Waals surface area contributed by atoms with Crippen LogP contribution in [-0.2, 0) is 0 Å². The lowest BCUT2D eigenvalue weighted by Gasteiger charge is -2.36. The van der Waals surface area contributed by atoms with Crippen LogP contribution in [0, 0.1) is 5.92 Å². The number of amides is 1. The highest BCUT2D eigenvalue weighted by atomic mass is 32.1. The summed E-state index contributed by atoms with van der Waals surface area (Å²) < 4.78 is 1.92. The third-order valence-electron chi connectivity index (χ3n) is 5.90. The molecule has 140 valence electrons. The molecule has 2 fully saturated rings. The number of piperidine rings is 1. The number of nitrogens with zero attached hydrogens (tertiary/aromatic N) is 3. The Kier molecular flexibility index (Phi) is 4.43. The first kappa shape index (κ1) is 16.9. The van der Waals surface area contributed by atoms with Gasteiger partial charge in [-0.3, -0.25) is 20.0 Å². The number of thiazole rings is 1. The van der Waals surface area contributed by atoms with Crippen molar-refractivity contribution in [3.8, 4) is 0 Å². The van der Waals surface area contributed by atoms with Gasteiger partial charge in [0.2, 0.25) is 0 Å². The minimum atomic E-state index is 0.0569. The summed E-state index contributed by atoms with van der Waals surface area (Å²) in [6.07, 6.45) is 5.83. The Balaban J connectivity index is 1.24. The van der Waals surface area contributed by atoms with Crippen molar-refractivity contribution in [2.24, 2.45) is 5.92 Å². The highest BCUT2D eigenvalue weighted by Crippen LogP contribution is 2.32. The van der Waals surface area contributed by atoms with Crippen molar-refractivity contribution in [3.63, 3.8) is 0 Å². The number of likely N-dealkylation sites (tertiary alicyclic amines) is 1. The zero-order chi connectivity index (χ0) is 18.2. The van der Waals surface area contributed by atoms with Gasteiger partial charge in [-0.1, -0.05) is 30.3 Å². The molecule has 2 unspecified atom stereocenters. The molecule has 0 radical (unpaired) electrons. The first-order valence-electron chi connectivity index (χ1n) is 9.54. The standard InChI is InChI=1S/C20H23N5OS/c26-19(17-13-25-10-11-27-20(25)22-17)24-8-6-15(7-9-24)18-16(12-21-23-18)14-4-2-1-3-5-14/h1-5,10-11,13,15-16,18,21,23H,6-9,12H2. The van der Waals surface area contributed by atoms with Gasteiger partial charge in [-0.25, -0.2) is 4.98 Å². The number of nitrogens with one attached hydrogen (secondary N) is 2. The summed E-state index contributed by atoms with van der Waals surface area (Å²) in [6, 6.07) is 11.1. The van der Waals surface area contributed by atoms with Crippen LogP contribution < -0.4 is 10.9 Å². The van der Waals surface area contributed by atoms with E-state index in [0.29, 0.717) is 23.6 Å². The molecule has 7 heteroatoms. The van der Waals surface area contributed by atoms with E-state index in [9.17, 15) is 4.79 Å². The predicted molar refractivity (Wildman–Crippen MR) is 106 cm³/mol. The Morgan fingerprint density at radius 1 is 1.19 bits per heavy atom. The first-order chi connectivity index (χ1) is 13.3. The molecule has 2 aliphatic heterocycles. The molecule has 4 heterocycles. The minimum absolute atomic E-state index is 0.0569. The number of rotatable bonds is 3. The van der Waals surface area contributed by atoms with Gasteiger partial charge >= 0.3 is 0 Å². The van der Waals surface area contributed by atoms with Crippen molar-refractivity contribution in [2.75, 3.05) is 19.6 Å². The van der Waals surface area contributed by atoms with E-state index in [2.05, 4.69) is 46.2 Å². The highest BCUT2D eigenvalue weighted by molar-refractivity contribution is 7.15. The van der Waals surface area contributed by atoms with E-state index in [4.69, 9.17) is 0 Å². The normalized spacial score (nSPS) is 23.9. The van der Waals surface area contributed by atoms with Crippen LogP contribution >= 0.6 is 11.3 Å². The molecule has 2 N–H and O–H groups in total. The zero-order valence-electron chi connectivity index (χ0n) is 15.0. The Bertz CT molecular complexity index is 900. The molecule has 2 aromatic heterocycles. The SMILES string of the molecule is O=C(c1cn2ccsc2n1)N1CCC(C2NNCC2c2ccccc2)CC1. The third kappa shape index (κ3) is 3.16. The molecule has 2 aliphatic rings. The van der Waals surface area contributed by atoms with Gasteiger partial charge < -0.3 is 4.90 Å². The first-order valence-corrected chi connectivity index (χ1v) is 10.4. The Labute approximate surface area is 162 Å². The number of fused-ring (bicyclic) bond motifs is 1. The van der Waals surface area contributed by atoms with Gasteiger partial charge in [0.15, 0.2) is 4.96 Å². The van der Waals surface area contributed by atoms with Crippen molar-refractivity contribution >= 4 is 22.2 Å². The molecule has 0 saturated carbocycles. The van der Waals surface area contributed by atoms with Crippen molar-refractivity contribution in [2.45, 2.75) is 24.8 Å². The highest BCUT2D eigenvalue weighted by Gasteiger charge is 2.37. The smallest absolute Gasteiger partial charge is 0.274 e. The van der Waals surface area contributed by atoms with Crippen molar-refractivity contribution in [1.29, 1.82) is 0 Å². The second-order valence-electron chi connectivity index (χ2n) is 7.42. The quantitative estimate of drug-likeness (QED) is 0.732. The Morgan fingerprint density at radius 3 is 2.78 bits per heavy atom. The van der Waals surface area contributed by atoms with Gasteiger partial charge in [0.05, 0.1) is 0 Å². The van der Waals surface area contributed by atoms with E-state index in [1.54, 1.807) is 11.3 Å². The molecule has 1 aromatic carbocycles. The molecule has 0 aliphatic carbocycles. The predicted octanol–water partition coefficient (Wildman–Crippen LogP) is 2.51. The van der Waals surface area contributed by atoms with Gasteiger partial charge in [-0.2, -0.15) is 0 Å².